The number of para-hydroxylation sites is 2. The molecule has 0 fully saturated rings. The highest BCUT2D eigenvalue weighted by atomic mass is 32.2. The molecule has 0 aliphatic carbocycles. The van der Waals surface area contributed by atoms with E-state index in [9.17, 15) is 4.79 Å². The smallest absolute Gasteiger partial charge is 0.313 e. The van der Waals surface area contributed by atoms with E-state index < -0.39 is 5.97 Å². The summed E-state index contributed by atoms with van der Waals surface area (Å²) >= 11 is 1.28. The first-order chi connectivity index (χ1) is 9.00. The molecule has 102 valence electrons. The van der Waals surface area contributed by atoms with E-state index in [2.05, 4.69) is 30.3 Å². The number of carbonyl (C=O) groups is 1. The van der Waals surface area contributed by atoms with E-state index in [0.29, 0.717) is 5.92 Å². The van der Waals surface area contributed by atoms with Crippen molar-refractivity contribution in [3.63, 3.8) is 0 Å². The van der Waals surface area contributed by atoms with Gasteiger partial charge in [-0.3, -0.25) is 4.79 Å². The molecule has 4 nitrogen and oxygen atoms in total. The molecule has 2 rings (SSSR count). The van der Waals surface area contributed by atoms with Crippen LogP contribution in [0.1, 0.15) is 26.8 Å². The second-order valence-electron chi connectivity index (χ2n) is 4.92. The van der Waals surface area contributed by atoms with Crippen molar-refractivity contribution in [1.82, 2.24) is 9.55 Å². The van der Waals surface area contributed by atoms with Gasteiger partial charge in [-0.05, 0) is 25.0 Å². The number of hydrogen-bond donors (Lipinski definition) is 1. The van der Waals surface area contributed by atoms with Gasteiger partial charge in [0.25, 0.3) is 0 Å². The van der Waals surface area contributed by atoms with Crippen LogP contribution in [0.5, 0.6) is 0 Å². The van der Waals surface area contributed by atoms with Crippen molar-refractivity contribution < 1.29 is 9.90 Å². The molecule has 1 atom stereocenters. The van der Waals surface area contributed by atoms with Crippen molar-refractivity contribution in [3.8, 4) is 0 Å². The molecule has 0 saturated carbocycles. The van der Waals surface area contributed by atoms with Gasteiger partial charge in [0.1, 0.15) is 0 Å². The molecule has 0 saturated heterocycles. The zero-order valence-electron chi connectivity index (χ0n) is 11.3. The topological polar surface area (TPSA) is 55.1 Å². The number of carboxylic acids is 1. The average molecular weight is 278 g/mol. The highest BCUT2D eigenvalue weighted by Crippen LogP contribution is 2.30. The fourth-order valence-corrected chi connectivity index (χ4v) is 2.76. The predicted octanol–water partition coefficient (Wildman–Crippen LogP) is 3.43. The van der Waals surface area contributed by atoms with Gasteiger partial charge in [-0.15, -0.1) is 0 Å². The number of carboxylic acid groups (broad SMARTS) is 1. The molecular weight excluding hydrogens is 260 g/mol. The molecule has 5 heteroatoms. The van der Waals surface area contributed by atoms with Gasteiger partial charge in [0.05, 0.1) is 16.8 Å². The summed E-state index contributed by atoms with van der Waals surface area (Å²) in [5, 5.41) is 9.61. The summed E-state index contributed by atoms with van der Waals surface area (Å²) in [4.78, 5) is 15.3. The number of thioether (sulfide) groups is 1. The fourth-order valence-electron chi connectivity index (χ4n) is 1.94. The maximum atomic E-state index is 10.7. The molecule has 0 bridgehead atoms. The maximum Gasteiger partial charge on any atom is 0.313 e. The van der Waals surface area contributed by atoms with Gasteiger partial charge < -0.3 is 9.67 Å². The largest absolute Gasteiger partial charge is 0.481 e. The van der Waals surface area contributed by atoms with Gasteiger partial charge in [0.15, 0.2) is 5.16 Å². The fraction of sp³-hybridized carbons (Fsp3) is 0.429. The number of imidazole rings is 1. The van der Waals surface area contributed by atoms with Crippen molar-refractivity contribution in [2.24, 2.45) is 5.92 Å². The van der Waals surface area contributed by atoms with Gasteiger partial charge in [-0.1, -0.05) is 37.7 Å². The summed E-state index contributed by atoms with van der Waals surface area (Å²) in [5.41, 5.74) is 1.99. The molecule has 0 amide bonds. The third kappa shape index (κ3) is 2.92. The van der Waals surface area contributed by atoms with Crippen LogP contribution in [0.15, 0.2) is 29.4 Å². The average Bonchev–Trinajstić information content (AvgIpc) is 2.73. The van der Waals surface area contributed by atoms with Crippen LogP contribution < -0.4 is 0 Å². The Balaban J connectivity index is 2.48. The Morgan fingerprint density at radius 3 is 2.68 bits per heavy atom. The molecule has 1 N–H and O–H groups in total. The van der Waals surface area contributed by atoms with Gasteiger partial charge in [-0.2, -0.15) is 0 Å². The van der Waals surface area contributed by atoms with Crippen molar-refractivity contribution in [2.75, 3.05) is 5.75 Å². The number of nitrogens with zero attached hydrogens (tertiary/aromatic N) is 2. The highest BCUT2D eigenvalue weighted by Gasteiger charge is 2.18. The molecule has 1 aromatic heterocycles. The van der Waals surface area contributed by atoms with Crippen LogP contribution in [0.2, 0.25) is 0 Å². The molecular formula is C14H18N2O2S. The normalized spacial score (nSPS) is 13.1. The van der Waals surface area contributed by atoms with Gasteiger partial charge in [0.2, 0.25) is 0 Å². The van der Waals surface area contributed by atoms with E-state index in [-0.39, 0.29) is 11.8 Å². The molecule has 0 radical (unpaired) electrons. The van der Waals surface area contributed by atoms with E-state index >= 15 is 0 Å². The number of fused-ring (bicyclic) bond motifs is 1. The lowest BCUT2D eigenvalue weighted by Crippen LogP contribution is -2.13. The number of benzene rings is 1. The Kier molecular flexibility index (Phi) is 4.14. The third-order valence-electron chi connectivity index (χ3n) is 3.26. The van der Waals surface area contributed by atoms with Crippen LogP contribution in [0.3, 0.4) is 0 Å². The van der Waals surface area contributed by atoms with E-state index in [1.165, 1.54) is 11.8 Å². The summed E-state index contributed by atoms with van der Waals surface area (Å²) in [7, 11) is 0. The summed E-state index contributed by atoms with van der Waals surface area (Å²) < 4.78 is 2.15. The Morgan fingerprint density at radius 1 is 1.37 bits per heavy atom. The predicted molar refractivity (Wildman–Crippen MR) is 77.6 cm³/mol. The molecule has 19 heavy (non-hydrogen) atoms. The second kappa shape index (κ2) is 5.65. The zero-order valence-corrected chi connectivity index (χ0v) is 12.1. The molecule has 1 unspecified atom stereocenters. The molecule has 1 aromatic carbocycles. The quantitative estimate of drug-likeness (QED) is 0.851. The minimum absolute atomic E-state index is 0.0359. The van der Waals surface area contributed by atoms with Gasteiger partial charge >= 0.3 is 5.97 Å². The van der Waals surface area contributed by atoms with Crippen LogP contribution in [-0.4, -0.2) is 26.4 Å². The van der Waals surface area contributed by atoms with Crippen molar-refractivity contribution >= 4 is 28.8 Å². The zero-order chi connectivity index (χ0) is 14.0. The van der Waals surface area contributed by atoms with Crippen molar-refractivity contribution in [2.45, 2.75) is 32.0 Å². The molecule has 2 aromatic rings. The van der Waals surface area contributed by atoms with E-state index in [4.69, 9.17) is 5.11 Å². The maximum absolute atomic E-state index is 10.7. The Morgan fingerprint density at radius 2 is 2.05 bits per heavy atom. The third-order valence-corrected chi connectivity index (χ3v) is 4.20. The number of hydrogen-bond acceptors (Lipinski definition) is 3. The first kappa shape index (κ1) is 13.9. The minimum atomic E-state index is -0.819. The summed E-state index contributed by atoms with van der Waals surface area (Å²) in [6.45, 7) is 6.46. The molecule has 0 aliphatic rings. The Hall–Kier alpha value is -1.49. The Labute approximate surface area is 116 Å². The molecule has 1 heterocycles. The highest BCUT2D eigenvalue weighted by molar-refractivity contribution is 7.99. The van der Waals surface area contributed by atoms with Crippen LogP contribution in [0.4, 0.5) is 0 Å². The van der Waals surface area contributed by atoms with E-state index in [1.807, 2.05) is 24.3 Å². The summed E-state index contributed by atoms with van der Waals surface area (Å²) in [6.07, 6.45) is 0. The lowest BCUT2D eigenvalue weighted by molar-refractivity contribution is -0.133. The van der Waals surface area contributed by atoms with Gasteiger partial charge in [-0.25, -0.2) is 4.98 Å². The van der Waals surface area contributed by atoms with Gasteiger partial charge in [0, 0.05) is 6.04 Å². The lowest BCUT2D eigenvalue weighted by Gasteiger charge is -2.20. The minimum Gasteiger partial charge on any atom is -0.481 e. The van der Waals surface area contributed by atoms with Crippen LogP contribution in [0, 0.1) is 5.92 Å². The lowest BCUT2D eigenvalue weighted by atomic mass is 10.1. The van der Waals surface area contributed by atoms with Crippen LogP contribution in [0.25, 0.3) is 11.0 Å². The standard InChI is InChI=1S/C14H18N2O2S/c1-9(2)10(3)16-12-7-5-4-6-11(12)15-14(16)19-8-13(17)18/h4-7,9-10H,8H2,1-3H3,(H,17,18). The number of aliphatic carboxylic acids is 1. The SMILES string of the molecule is CC(C)C(C)n1c(SCC(=O)O)nc2ccccc21. The van der Waals surface area contributed by atoms with Crippen LogP contribution in [-0.2, 0) is 4.79 Å². The van der Waals surface area contributed by atoms with E-state index in [1.54, 1.807) is 0 Å². The molecule has 0 spiro atoms. The monoisotopic (exact) mass is 278 g/mol. The first-order valence-corrected chi connectivity index (χ1v) is 7.31. The van der Waals surface area contributed by atoms with Crippen molar-refractivity contribution in [3.05, 3.63) is 24.3 Å². The second-order valence-corrected chi connectivity index (χ2v) is 5.86. The number of aromatic nitrogens is 2. The summed E-state index contributed by atoms with van der Waals surface area (Å²) in [6, 6.07) is 8.21. The summed E-state index contributed by atoms with van der Waals surface area (Å²) in [5.74, 6) is -0.323. The molecule has 0 aliphatic heterocycles. The van der Waals surface area contributed by atoms with Crippen molar-refractivity contribution in [1.29, 1.82) is 0 Å². The first-order valence-electron chi connectivity index (χ1n) is 6.32. The van der Waals surface area contributed by atoms with E-state index in [0.717, 1.165) is 16.2 Å². The Bertz CT molecular complexity index is 592. The number of rotatable bonds is 5. The van der Waals surface area contributed by atoms with Crippen LogP contribution >= 0.6 is 11.8 Å².